The number of aryl methyl sites for hydroxylation is 1. The van der Waals surface area contributed by atoms with Crippen molar-refractivity contribution in [3.63, 3.8) is 0 Å². The Bertz CT molecular complexity index is 796. The van der Waals surface area contributed by atoms with E-state index in [-0.39, 0.29) is 35.9 Å². The second kappa shape index (κ2) is 9.91. The zero-order valence-corrected chi connectivity index (χ0v) is 18.5. The van der Waals surface area contributed by atoms with E-state index in [4.69, 9.17) is 4.74 Å². The highest BCUT2D eigenvalue weighted by Gasteiger charge is 2.26. The quantitative estimate of drug-likeness (QED) is 0.312. The lowest BCUT2D eigenvalue weighted by Crippen LogP contribution is -2.47. The van der Waals surface area contributed by atoms with E-state index in [2.05, 4.69) is 30.8 Å². The average Bonchev–Trinajstić information content (AvgIpc) is 3.00. The number of nitrogens with zero attached hydrogens (tertiary/aromatic N) is 4. The number of guanidine groups is 1. The van der Waals surface area contributed by atoms with E-state index in [1.807, 2.05) is 25.1 Å². The Morgan fingerprint density at radius 1 is 1.33 bits per heavy atom. The Labute approximate surface area is 177 Å². The fourth-order valence-corrected chi connectivity index (χ4v) is 3.58. The first-order valence-electron chi connectivity index (χ1n) is 9.09. The van der Waals surface area contributed by atoms with Gasteiger partial charge in [0.1, 0.15) is 5.82 Å². The molecule has 1 aliphatic heterocycles. The maximum Gasteiger partial charge on any atom is 0.308 e. The molecule has 1 aromatic carbocycles. The molecule has 0 aliphatic carbocycles. The number of fused-ring (bicyclic) bond motifs is 1. The average molecular weight is 485 g/mol. The van der Waals surface area contributed by atoms with Gasteiger partial charge in [0.2, 0.25) is 0 Å². The van der Waals surface area contributed by atoms with Gasteiger partial charge in [-0.1, -0.05) is 12.1 Å². The van der Waals surface area contributed by atoms with Crippen LogP contribution in [-0.2, 0) is 16.1 Å². The van der Waals surface area contributed by atoms with Crippen LogP contribution in [0.4, 0.5) is 0 Å². The van der Waals surface area contributed by atoms with Crippen LogP contribution in [0.25, 0.3) is 11.0 Å². The number of hydrogen-bond acceptors (Lipinski definition) is 4. The first-order valence-corrected chi connectivity index (χ1v) is 9.09. The Balaban J connectivity index is 0.00000261. The third-order valence-corrected chi connectivity index (χ3v) is 5.00. The first kappa shape index (κ1) is 21.5. The number of carbonyl (C=O) groups excluding carboxylic acids is 1. The summed E-state index contributed by atoms with van der Waals surface area (Å²) in [6.07, 6.45) is 1.61. The molecular formula is C19H28IN5O2. The number of para-hydroxylation sites is 2. The maximum absolute atomic E-state index is 11.7. The van der Waals surface area contributed by atoms with E-state index in [9.17, 15) is 4.79 Å². The number of hydrogen-bond donors (Lipinski definition) is 1. The zero-order valence-electron chi connectivity index (χ0n) is 16.1. The van der Waals surface area contributed by atoms with Crippen LogP contribution in [-0.4, -0.2) is 60.2 Å². The minimum atomic E-state index is -0.102. The van der Waals surface area contributed by atoms with E-state index in [1.54, 1.807) is 7.05 Å². The van der Waals surface area contributed by atoms with Gasteiger partial charge in [-0.05, 0) is 31.9 Å². The predicted molar refractivity (Wildman–Crippen MR) is 118 cm³/mol. The summed E-state index contributed by atoms with van der Waals surface area (Å²) in [7, 11) is 3.25. The number of aromatic nitrogens is 2. The van der Waals surface area contributed by atoms with Crippen LogP contribution in [0, 0.1) is 12.8 Å². The zero-order chi connectivity index (χ0) is 18.5. The minimum Gasteiger partial charge on any atom is -0.469 e. The van der Waals surface area contributed by atoms with Crippen LogP contribution < -0.4 is 5.32 Å². The fourth-order valence-electron chi connectivity index (χ4n) is 3.58. The van der Waals surface area contributed by atoms with Crippen molar-refractivity contribution in [3.8, 4) is 0 Å². The molecule has 0 bridgehead atoms. The predicted octanol–water partition coefficient (Wildman–Crippen LogP) is 2.42. The van der Waals surface area contributed by atoms with E-state index in [0.717, 1.165) is 61.8 Å². The summed E-state index contributed by atoms with van der Waals surface area (Å²) in [4.78, 5) is 22.9. The van der Waals surface area contributed by atoms with Crippen molar-refractivity contribution in [1.29, 1.82) is 0 Å². The lowest BCUT2D eigenvalue weighted by molar-refractivity contribution is -0.146. The molecule has 1 fully saturated rings. The number of esters is 1. The smallest absolute Gasteiger partial charge is 0.308 e. The second-order valence-electron chi connectivity index (χ2n) is 6.56. The van der Waals surface area contributed by atoms with Gasteiger partial charge in [0, 0.05) is 33.2 Å². The Hall–Kier alpha value is -1.84. The van der Waals surface area contributed by atoms with Crippen LogP contribution in [0.3, 0.4) is 0 Å². The number of benzene rings is 1. The Morgan fingerprint density at radius 3 is 2.70 bits per heavy atom. The normalized spacial score (nSPS) is 15.5. The lowest BCUT2D eigenvalue weighted by Gasteiger charge is -2.33. The minimum absolute atomic E-state index is 0. The number of nitrogens with one attached hydrogen (secondary N) is 1. The number of aliphatic imine (C=N–C) groups is 1. The topological polar surface area (TPSA) is 71.8 Å². The molecule has 148 valence electrons. The molecular weight excluding hydrogens is 457 g/mol. The van der Waals surface area contributed by atoms with Crippen LogP contribution in [0.5, 0.6) is 0 Å². The monoisotopic (exact) mass is 485 g/mol. The van der Waals surface area contributed by atoms with Crippen molar-refractivity contribution in [2.75, 3.05) is 33.8 Å². The molecule has 1 saturated heterocycles. The molecule has 8 heteroatoms. The number of halogens is 1. The molecule has 1 aliphatic rings. The van der Waals surface area contributed by atoms with Gasteiger partial charge < -0.3 is 19.5 Å². The summed E-state index contributed by atoms with van der Waals surface area (Å²) in [6.45, 7) is 5.25. The number of rotatable bonds is 4. The second-order valence-corrected chi connectivity index (χ2v) is 6.56. The van der Waals surface area contributed by atoms with Gasteiger partial charge in [0.15, 0.2) is 5.96 Å². The van der Waals surface area contributed by atoms with Crippen molar-refractivity contribution in [3.05, 3.63) is 30.1 Å². The largest absolute Gasteiger partial charge is 0.469 e. The van der Waals surface area contributed by atoms with E-state index >= 15 is 0 Å². The number of methoxy groups -OCH3 is 1. The van der Waals surface area contributed by atoms with Crippen LogP contribution in [0.15, 0.2) is 29.3 Å². The summed E-state index contributed by atoms with van der Waals surface area (Å²) in [6, 6.07) is 8.19. The molecule has 0 amide bonds. The molecule has 0 spiro atoms. The SMILES string of the molecule is CN=C(NCCn1c(C)nc2ccccc21)N1CCC(C(=O)OC)CC1.I. The van der Waals surface area contributed by atoms with E-state index in [1.165, 1.54) is 7.11 Å². The molecule has 2 heterocycles. The highest BCUT2D eigenvalue weighted by molar-refractivity contribution is 14.0. The van der Waals surface area contributed by atoms with Gasteiger partial charge in [-0.25, -0.2) is 4.98 Å². The number of likely N-dealkylation sites (tertiary alicyclic amines) is 1. The molecule has 0 radical (unpaired) electrons. The van der Waals surface area contributed by atoms with Crippen LogP contribution >= 0.6 is 24.0 Å². The maximum atomic E-state index is 11.7. The summed E-state index contributed by atoms with van der Waals surface area (Å²) < 4.78 is 7.07. The van der Waals surface area contributed by atoms with Gasteiger partial charge in [0.05, 0.1) is 24.1 Å². The summed E-state index contributed by atoms with van der Waals surface area (Å²) >= 11 is 0. The van der Waals surface area contributed by atoms with Gasteiger partial charge in [-0.15, -0.1) is 24.0 Å². The summed E-state index contributed by atoms with van der Waals surface area (Å²) in [5.41, 5.74) is 2.18. The summed E-state index contributed by atoms with van der Waals surface area (Å²) in [5.74, 6) is 1.81. The number of ether oxygens (including phenoxy) is 1. The third-order valence-electron chi connectivity index (χ3n) is 5.00. The molecule has 2 aromatic rings. The third kappa shape index (κ3) is 4.91. The van der Waals surface area contributed by atoms with Crippen molar-refractivity contribution in [1.82, 2.24) is 19.8 Å². The molecule has 0 unspecified atom stereocenters. The molecule has 0 saturated carbocycles. The summed E-state index contributed by atoms with van der Waals surface area (Å²) in [5, 5.41) is 3.44. The lowest BCUT2D eigenvalue weighted by atomic mass is 9.97. The van der Waals surface area contributed by atoms with Crippen molar-refractivity contribution in [2.45, 2.75) is 26.3 Å². The van der Waals surface area contributed by atoms with Crippen LogP contribution in [0.2, 0.25) is 0 Å². The van der Waals surface area contributed by atoms with Crippen molar-refractivity contribution >= 4 is 46.9 Å². The molecule has 1 aromatic heterocycles. The Kier molecular flexibility index (Phi) is 7.88. The van der Waals surface area contributed by atoms with Gasteiger partial charge in [-0.2, -0.15) is 0 Å². The molecule has 7 nitrogen and oxygen atoms in total. The van der Waals surface area contributed by atoms with Gasteiger partial charge in [-0.3, -0.25) is 9.79 Å². The van der Waals surface area contributed by atoms with Crippen molar-refractivity contribution < 1.29 is 9.53 Å². The molecule has 1 N–H and O–H groups in total. The molecule has 27 heavy (non-hydrogen) atoms. The van der Waals surface area contributed by atoms with Gasteiger partial charge in [0.25, 0.3) is 0 Å². The molecule has 3 rings (SSSR count). The van der Waals surface area contributed by atoms with Crippen LogP contribution in [0.1, 0.15) is 18.7 Å². The number of imidazole rings is 1. The number of piperidine rings is 1. The van der Waals surface area contributed by atoms with Crippen molar-refractivity contribution in [2.24, 2.45) is 10.9 Å². The molecule has 0 atom stereocenters. The first-order chi connectivity index (χ1) is 12.6. The Morgan fingerprint density at radius 2 is 2.04 bits per heavy atom. The highest BCUT2D eigenvalue weighted by Crippen LogP contribution is 2.18. The highest BCUT2D eigenvalue weighted by atomic mass is 127. The van der Waals surface area contributed by atoms with Gasteiger partial charge >= 0.3 is 5.97 Å². The fraction of sp³-hybridized carbons (Fsp3) is 0.526. The van der Waals surface area contributed by atoms with E-state index < -0.39 is 0 Å². The van der Waals surface area contributed by atoms with E-state index in [0.29, 0.717) is 0 Å². The standard InChI is InChI=1S/C19H27N5O2.HI/c1-14-22-16-6-4-5-7-17(16)24(14)13-10-21-19(20-2)23-11-8-15(9-12-23)18(25)26-3;/h4-7,15H,8-13H2,1-3H3,(H,20,21);1H. The number of carbonyl (C=O) groups is 1.